The summed E-state index contributed by atoms with van der Waals surface area (Å²) in [5, 5.41) is 4.87. The molecule has 1 amide bonds. The van der Waals surface area contributed by atoms with Gasteiger partial charge in [0.2, 0.25) is 5.91 Å². The number of benzene rings is 1. The van der Waals surface area contributed by atoms with Gasteiger partial charge in [-0.3, -0.25) is 14.2 Å². The second-order valence-corrected chi connectivity index (χ2v) is 8.71. The zero-order chi connectivity index (χ0) is 18.8. The highest BCUT2D eigenvalue weighted by Gasteiger charge is 2.20. The molecule has 0 fully saturated rings. The molecule has 2 aromatic rings. The lowest BCUT2D eigenvalue weighted by atomic mass is 9.85. The molecule has 1 heterocycles. The van der Waals surface area contributed by atoms with Crippen LogP contribution in [0.25, 0.3) is 0 Å². The number of nitrogens with one attached hydrogen (secondary N) is 1. The predicted molar refractivity (Wildman–Crippen MR) is 104 cm³/mol. The van der Waals surface area contributed by atoms with E-state index in [1.54, 1.807) is 5.38 Å². The van der Waals surface area contributed by atoms with Crippen molar-refractivity contribution >= 4 is 17.2 Å². The van der Waals surface area contributed by atoms with E-state index >= 15 is 0 Å². The molecule has 136 valence electrons. The summed E-state index contributed by atoms with van der Waals surface area (Å²) in [7, 11) is 0. The molecule has 0 radical (unpaired) electrons. The van der Waals surface area contributed by atoms with Gasteiger partial charge in [0.1, 0.15) is 6.54 Å². The predicted octanol–water partition coefficient (Wildman–Crippen LogP) is 4.03. The number of nitrogens with zero attached hydrogens (tertiary/aromatic N) is 1. The van der Waals surface area contributed by atoms with Gasteiger partial charge >= 0.3 is 4.87 Å². The Bertz CT molecular complexity index is 779. The Balaban J connectivity index is 2.16. The van der Waals surface area contributed by atoms with E-state index in [1.165, 1.54) is 10.1 Å². The minimum atomic E-state index is -0.137. The molecule has 2 rings (SSSR count). The second kappa shape index (κ2) is 7.56. The lowest BCUT2D eigenvalue weighted by molar-refractivity contribution is -0.122. The lowest BCUT2D eigenvalue weighted by Crippen LogP contribution is -2.36. The van der Waals surface area contributed by atoms with Crippen LogP contribution in [0.1, 0.15) is 57.5 Å². The summed E-state index contributed by atoms with van der Waals surface area (Å²) in [5.41, 5.74) is 3.28. The third-order valence-corrected chi connectivity index (χ3v) is 5.28. The highest BCUT2D eigenvalue weighted by atomic mass is 32.1. The minimum Gasteiger partial charge on any atom is -0.347 e. The number of carbonyl (C=O) groups is 1. The molecule has 0 saturated heterocycles. The number of hydrogen-bond acceptors (Lipinski definition) is 3. The maximum absolute atomic E-state index is 12.5. The quantitative estimate of drug-likeness (QED) is 0.875. The van der Waals surface area contributed by atoms with Crippen LogP contribution < -0.4 is 10.2 Å². The first-order valence-corrected chi connectivity index (χ1v) is 9.52. The van der Waals surface area contributed by atoms with Crippen molar-refractivity contribution in [2.24, 2.45) is 5.92 Å². The molecule has 25 heavy (non-hydrogen) atoms. The van der Waals surface area contributed by atoms with Crippen LogP contribution in [0.15, 0.2) is 34.4 Å². The van der Waals surface area contributed by atoms with Gasteiger partial charge in [-0.1, -0.05) is 70.2 Å². The van der Waals surface area contributed by atoms with E-state index in [0.29, 0.717) is 0 Å². The Labute approximate surface area is 153 Å². The first-order valence-electron chi connectivity index (χ1n) is 8.64. The summed E-state index contributed by atoms with van der Waals surface area (Å²) < 4.78 is 1.51. The monoisotopic (exact) mass is 360 g/mol. The van der Waals surface area contributed by atoms with Crippen LogP contribution in [-0.4, -0.2) is 10.5 Å². The topological polar surface area (TPSA) is 51.1 Å². The van der Waals surface area contributed by atoms with E-state index in [1.807, 2.05) is 6.92 Å². The summed E-state index contributed by atoms with van der Waals surface area (Å²) in [4.78, 5) is 24.2. The van der Waals surface area contributed by atoms with Gasteiger partial charge in [0, 0.05) is 11.1 Å². The number of aromatic nitrogens is 1. The first kappa shape index (κ1) is 19.4. The van der Waals surface area contributed by atoms with Crippen LogP contribution in [0.5, 0.6) is 0 Å². The molecule has 1 aromatic heterocycles. The Morgan fingerprint density at radius 3 is 2.24 bits per heavy atom. The van der Waals surface area contributed by atoms with Gasteiger partial charge in [-0.05, 0) is 29.4 Å². The van der Waals surface area contributed by atoms with Crippen molar-refractivity contribution in [1.82, 2.24) is 9.88 Å². The van der Waals surface area contributed by atoms with Crippen molar-refractivity contribution in [1.29, 1.82) is 0 Å². The molecule has 1 atom stereocenters. The van der Waals surface area contributed by atoms with Gasteiger partial charge in [-0.2, -0.15) is 0 Å². The Morgan fingerprint density at radius 2 is 1.80 bits per heavy atom. The molecule has 0 aliphatic heterocycles. The zero-order valence-electron chi connectivity index (χ0n) is 15.9. The van der Waals surface area contributed by atoms with Crippen LogP contribution in [0, 0.1) is 12.8 Å². The van der Waals surface area contributed by atoms with Crippen LogP contribution >= 0.6 is 11.3 Å². The van der Waals surface area contributed by atoms with Gasteiger partial charge in [0.25, 0.3) is 0 Å². The Kier molecular flexibility index (Phi) is 5.88. The average Bonchev–Trinajstić information content (AvgIpc) is 2.83. The molecule has 1 N–H and O–H groups in total. The molecule has 1 aromatic carbocycles. The number of hydrogen-bond donors (Lipinski definition) is 1. The van der Waals surface area contributed by atoms with Gasteiger partial charge in [0.15, 0.2) is 0 Å². The first-order chi connectivity index (χ1) is 11.6. The van der Waals surface area contributed by atoms with Crippen LogP contribution in [0.3, 0.4) is 0 Å². The number of rotatable bonds is 5. The molecule has 0 aliphatic carbocycles. The van der Waals surface area contributed by atoms with E-state index in [2.05, 4.69) is 64.2 Å². The average molecular weight is 361 g/mol. The number of carbonyl (C=O) groups excluding carboxylic acids is 1. The van der Waals surface area contributed by atoms with Crippen molar-refractivity contribution < 1.29 is 4.79 Å². The largest absolute Gasteiger partial charge is 0.347 e. The van der Waals surface area contributed by atoms with Crippen molar-refractivity contribution in [3.8, 4) is 0 Å². The molecular weight excluding hydrogens is 332 g/mol. The summed E-state index contributed by atoms with van der Waals surface area (Å²) >= 11 is 1.13. The molecular formula is C20H28N2O2S. The summed E-state index contributed by atoms with van der Waals surface area (Å²) in [5.74, 6) is 0.118. The third-order valence-electron chi connectivity index (χ3n) is 4.40. The Hall–Kier alpha value is -1.88. The zero-order valence-corrected chi connectivity index (χ0v) is 16.7. The van der Waals surface area contributed by atoms with Crippen molar-refractivity contribution in [2.75, 3.05) is 0 Å². The highest BCUT2D eigenvalue weighted by molar-refractivity contribution is 7.07. The van der Waals surface area contributed by atoms with E-state index < -0.39 is 0 Å². The van der Waals surface area contributed by atoms with Gasteiger partial charge in [0.05, 0.1) is 6.04 Å². The van der Waals surface area contributed by atoms with Crippen molar-refractivity contribution in [3.05, 3.63) is 56.1 Å². The van der Waals surface area contributed by atoms with Crippen molar-refractivity contribution in [2.45, 2.75) is 59.5 Å². The fraction of sp³-hybridized carbons (Fsp3) is 0.500. The fourth-order valence-corrected chi connectivity index (χ4v) is 3.52. The second-order valence-electron chi connectivity index (χ2n) is 7.89. The molecule has 0 bridgehead atoms. The van der Waals surface area contributed by atoms with Gasteiger partial charge < -0.3 is 5.32 Å². The smallest absolute Gasteiger partial charge is 0.307 e. The standard InChI is InChI=1S/C20H28N2O2S/c1-13(2)18(15-7-9-16(10-8-15)20(4,5)6)21-17(23)11-22-14(3)12-25-19(22)24/h7-10,12-13,18H,11H2,1-6H3,(H,21,23)/t18-/m1/s1. The minimum absolute atomic E-state index is 0.0669. The lowest BCUT2D eigenvalue weighted by Gasteiger charge is -2.25. The third kappa shape index (κ3) is 4.82. The van der Waals surface area contributed by atoms with Gasteiger partial charge in [-0.15, -0.1) is 0 Å². The summed E-state index contributed by atoms with van der Waals surface area (Å²) in [6.45, 7) is 12.6. The number of thiazole rings is 1. The van der Waals surface area contributed by atoms with Crippen LogP contribution in [-0.2, 0) is 16.8 Å². The van der Waals surface area contributed by atoms with Crippen molar-refractivity contribution in [3.63, 3.8) is 0 Å². The maximum atomic E-state index is 12.5. The van der Waals surface area contributed by atoms with Crippen LogP contribution in [0.4, 0.5) is 0 Å². The highest BCUT2D eigenvalue weighted by Crippen LogP contribution is 2.26. The Morgan fingerprint density at radius 1 is 1.20 bits per heavy atom. The number of amides is 1. The van der Waals surface area contributed by atoms with E-state index in [-0.39, 0.29) is 34.7 Å². The van der Waals surface area contributed by atoms with E-state index in [0.717, 1.165) is 22.6 Å². The van der Waals surface area contributed by atoms with Gasteiger partial charge in [-0.25, -0.2) is 0 Å². The number of aryl methyl sites for hydroxylation is 1. The normalized spacial score (nSPS) is 13.1. The molecule has 5 heteroatoms. The molecule has 0 spiro atoms. The summed E-state index contributed by atoms with van der Waals surface area (Å²) in [6.07, 6.45) is 0. The maximum Gasteiger partial charge on any atom is 0.307 e. The fourth-order valence-electron chi connectivity index (χ4n) is 2.78. The SMILES string of the molecule is Cc1csc(=O)n1CC(=O)N[C@@H](c1ccc(C(C)(C)C)cc1)C(C)C. The molecule has 4 nitrogen and oxygen atoms in total. The molecule has 0 aliphatic rings. The molecule has 0 saturated carbocycles. The molecule has 0 unspecified atom stereocenters. The van der Waals surface area contributed by atoms with Crippen LogP contribution in [0.2, 0.25) is 0 Å². The summed E-state index contributed by atoms with van der Waals surface area (Å²) in [6, 6.07) is 8.37. The van der Waals surface area contributed by atoms with E-state index in [4.69, 9.17) is 0 Å². The van der Waals surface area contributed by atoms with E-state index in [9.17, 15) is 9.59 Å².